The van der Waals surface area contributed by atoms with Crippen LogP contribution in [0.5, 0.6) is 0 Å². The lowest BCUT2D eigenvalue weighted by Gasteiger charge is -2.17. The number of hydrogen-bond donors (Lipinski definition) is 0. The van der Waals surface area contributed by atoms with Crippen LogP contribution in [0, 0.1) is 0 Å². The molecule has 1 aromatic carbocycles. The van der Waals surface area contributed by atoms with Gasteiger partial charge in [0.15, 0.2) is 0 Å². The molecule has 3 rings (SSSR count). The molecule has 0 N–H and O–H groups in total. The van der Waals surface area contributed by atoms with Crippen molar-refractivity contribution in [2.45, 2.75) is 6.42 Å². The lowest BCUT2D eigenvalue weighted by molar-refractivity contribution is 0.379. The first-order valence-electron chi connectivity index (χ1n) is 5.35. The van der Waals surface area contributed by atoms with Crippen LogP contribution in [0.3, 0.4) is 0 Å². The van der Waals surface area contributed by atoms with Crippen LogP contribution in [0.25, 0.3) is 11.8 Å². The maximum atomic E-state index is 5.70. The zero-order valence-electron chi connectivity index (χ0n) is 8.85. The van der Waals surface area contributed by atoms with Crippen LogP contribution in [0.4, 0.5) is 0 Å². The van der Waals surface area contributed by atoms with Crippen molar-refractivity contribution in [3.63, 3.8) is 0 Å². The molecule has 0 bridgehead atoms. The molecular formula is C13H12O2Si. The molecule has 2 nitrogen and oxygen atoms in total. The third-order valence-corrected chi connectivity index (χ3v) is 3.51. The van der Waals surface area contributed by atoms with Gasteiger partial charge in [-0.05, 0) is 17.7 Å². The number of benzene rings is 1. The second-order valence-electron chi connectivity index (χ2n) is 3.78. The quantitative estimate of drug-likeness (QED) is 0.601. The molecule has 3 heteroatoms. The molecule has 1 aliphatic carbocycles. The van der Waals surface area contributed by atoms with Crippen molar-refractivity contribution >= 4 is 21.8 Å². The lowest BCUT2D eigenvalue weighted by Crippen LogP contribution is -2.30. The Morgan fingerprint density at radius 3 is 3.12 bits per heavy atom. The van der Waals surface area contributed by atoms with E-state index < -0.39 is 10.0 Å². The normalized spacial score (nSPS) is 24.8. The zero-order valence-corrected chi connectivity index (χ0v) is 10.3. The van der Waals surface area contributed by atoms with E-state index in [1.165, 1.54) is 10.8 Å². The van der Waals surface area contributed by atoms with Gasteiger partial charge in [0.2, 0.25) is 0 Å². The summed E-state index contributed by atoms with van der Waals surface area (Å²) in [5.41, 5.74) is 1.27. The highest BCUT2D eigenvalue weighted by Crippen LogP contribution is 2.20. The highest BCUT2D eigenvalue weighted by Gasteiger charge is 2.11. The fourth-order valence-corrected chi connectivity index (χ4v) is 2.73. The standard InChI is InChI=1S/C13H12O2Si/c1-2-6-11-10(5-1)9-14-16-15-13-8-4-3-7-12(11)13/h1-6,8-9H,7,16H2/b10-9-,12-11-. The van der Waals surface area contributed by atoms with E-state index >= 15 is 0 Å². The van der Waals surface area contributed by atoms with Crippen LogP contribution in [0.15, 0.2) is 48.3 Å². The Hall–Kier alpha value is -1.74. The predicted octanol–water partition coefficient (Wildman–Crippen LogP) is 0.465. The summed E-state index contributed by atoms with van der Waals surface area (Å²) in [7, 11) is -0.932. The number of hydrogen-bond acceptors (Lipinski definition) is 2. The lowest BCUT2D eigenvalue weighted by atomic mass is 10.0. The third kappa shape index (κ3) is 1.59. The summed E-state index contributed by atoms with van der Waals surface area (Å²) in [5.74, 6) is 0.981. The monoisotopic (exact) mass is 228 g/mol. The largest absolute Gasteiger partial charge is 0.522 e. The van der Waals surface area contributed by atoms with Crippen molar-refractivity contribution in [2.24, 2.45) is 0 Å². The molecule has 16 heavy (non-hydrogen) atoms. The van der Waals surface area contributed by atoms with Crippen LogP contribution in [-0.4, -0.2) is 10.0 Å². The summed E-state index contributed by atoms with van der Waals surface area (Å²) in [5, 5.41) is 2.36. The van der Waals surface area contributed by atoms with Gasteiger partial charge in [-0.3, -0.25) is 0 Å². The average Bonchev–Trinajstić information content (AvgIpc) is 2.33. The Labute approximate surface area is 96.3 Å². The molecule has 2 aliphatic rings. The molecule has 1 heterocycles. The van der Waals surface area contributed by atoms with Crippen molar-refractivity contribution in [3.05, 3.63) is 58.7 Å². The predicted molar refractivity (Wildman–Crippen MR) is 66.1 cm³/mol. The van der Waals surface area contributed by atoms with E-state index in [-0.39, 0.29) is 0 Å². The van der Waals surface area contributed by atoms with Crippen LogP contribution >= 0.6 is 0 Å². The molecule has 1 aliphatic heterocycles. The molecule has 0 radical (unpaired) electrons. The summed E-state index contributed by atoms with van der Waals surface area (Å²) in [4.78, 5) is 0. The van der Waals surface area contributed by atoms with Gasteiger partial charge in [0, 0.05) is 10.8 Å². The Bertz CT molecular complexity index is 584. The summed E-state index contributed by atoms with van der Waals surface area (Å²) in [6.07, 6.45) is 8.98. The van der Waals surface area contributed by atoms with E-state index in [1.807, 2.05) is 24.5 Å². The zero-order chi connectivity index (χ0) is 10.8. The summed E-state index contributed by atoms with van der Waals surface area (Å²) < 4.78 is 11.2. The second-order valence-corrected chi connectivity index (χ2v) is 4.63. The number of rotatable bonds is 0. The van der Waals surface area contributed by atoms with E-state index in [1.54, 1.807) is 0 Å². The van der Waals surface area contributed by atoms with E-state index in [4.69, 9.17) is 8.85 Å². The molecule has 0 saturated carbocycles. The van der Waals surface area contributed by atoms with Crippen molar-refractivity contribution < 1.29 is 8.85 Å². The average molecular weight is 228 g/mol. The second kappa shape index (κ2) is 4.02. The minimum Gasteiger partial charge on any atom is -0.522 e. The number of fused-ring (bicyclic) bond motifs is 2. The number of allylic oxidation sites excluding steroid dienone is 4. The van der Waals surface area contributed by atoms with E-state index in [0.717, 1.165) is 17.4 Å². The van der Waals surface area contributed by atoms with Crippen LogP contribution in [-0.2, 0) is 8.85 Å². The fraction of sp³-hybridized carbons (Fsp3) is 0.0769. The molecule has 1 aromatic rings. The maximum absolute atomic E-state index is 5.70. The smallest absolute Gasteiger partial charge is 0.427 e. The maximum Gasteiger partial charge on any atom is 0.427 e. The van der Waals surface area contributed by atoms with E-state index in [9.17, 15) is 0 Å². The molecule has 0 aromatic heterocycles. The first-order chi connectivity index (χ1) is 7.95. The highest BCUT2D eigenvalue weighted by molar-refractivity contribution is 6.20. The molecule has 0 unspecified atom stereocenters. The molecule has 80 valence electrons. The minimum absolute atomic E-state index is 0.932. The summed E-state index contributed by atoms with van der Waals surface area (Å²) in [6, 6.07) is 8.28. The summed E-state index contributed by atoms with van der Waals surface area (Å²) >= 11 is 0. The van der Waals surface area contributed by atoms with Gasteiger partial charge < -0.3 is 8.85 Å². The third-order valence-electron chi connectivity index (χ3n) is 2.78. The molecular weight excluding hydrogens is 216 g/mol. The summed E-state index contributed by atoms with van der Waals surface area (Å²) in [6.45, 7) is 0. The first-order valence-corrected chi connectivity index (χ1v) is 6.51. The SMILES string of the molecule is C1=CC/C2=c3\cccc\c3=C\O[SiH2]OC2=C1. The van der Waals surface area contributed by atoms with Crippen molar-refractivity contribution in [3.8, 4) is 0 Å². The Morgan fingerprint density at radius 1 is 1.19 bits per heavy atom. The first kappa shape index (κ1) is 9.48. The van der Waals surface area contributed by atoms with Gasteiger partial charge >= 0.3 is 10.0 Å². The minimum atomic E-state index is -0.932. The van der Waals surface area contributed by atoms with Crippen LogP contribution < -0.4 is 10.4 Å². The van der Waals surface area contributed by atoms with Crippen LogP contribution in [0.1, 0.15) is 6.42 Å². The molecule has 0 saturated heterocycles. The molecule has 0 spiro atoms. The molecule has 0 amide bonds. The van der Waals surface area contributed by atoms with Crippen molar-refractivity contribution in [1.29, 1.82) is 0 Å². The van der Waals surface area contributed by atoms with E-state index in [0.29, 0.717) is 0 Å². The van der Waals surface area contributed by atoms with E-state index in [2.05, 4.69) is 24.3 Å². The van der Waals surface area contributed by atoms with Crippen molar-refractivity contribution in [2.75, 3.05) is 0 Å². The fourth-order valence-electron chi connectivity index (χ4n) is 2.02. The van der Waals surface area contributed by atoms with Gasteiger partial charge in [-0.15, -0.1) is 0 Å². The Kier molecular flexibility index (Phi) is 2.38. The van der Waals surface area contributed by atoms with Gasteiger partial charge in [0.1, 0.15) is 5.76 Å². The topological polar surface area (TPSA) is 18.5 Å². The van der Waals surface area contributed by atoms with Gasteiger partial charge in [0.25, 0.3) is 0 Å². The Morgan fingerprint density at radius 2 is 2.12 bits per heavy atom. The van der Waals surface area contributed by atoms with Crippen molar-refractivity contribution in [1.82, 2.24) is 0 Å². The van der Waals surface area contributed by atoms with Gasteiger partial charge in [-0.25, -0.2) is 0 Å². The highest BCUT2D eigenvalue weighted by atomic mass is 28.3. The van der Waals surface area contributed by atoms with Gasteiger partial charge in [0.05, 0.1) is 6.26 Å². The van der Waals surface area contributed by atoms with Crippen LogP contribution in [0.2, 0.25) is 0 Å². The van der Waals surface area contributed by atoms with Gasteiger partial charge in [-0.1, -0.05) is 36.4 Å². The molecule has 0 atom stereocenters. The van der Waals surface area contributed by atoms with Gasteiger partial charge in [-0.2, -0.15) is 0 Å². The molecule has 0 fully saturated rings. The Balaban J connectivity index is 2.36.